The number of rotatable bonds is 47. The molecule has 0 heterocycles. The Bertz CT molecular complexity index is 1190. The van der Waals surface area contributed by atoms with E-state index < -0.39 is 6.10 Å². The van der Waals surface area contributed by atoms with Crippen LogP contribution in [0.2, 0.25) is 0 Å². The van der Waals surface area contributed by atoms with Crippen molar-refractivity contribution in [1.29, 1.82) is 0 Å². The molecule has 0 radical (unpaired) electrons. The van der Waals surface area contributed by atoms with E-state index in [1.54, 1.807) is 0 Å². The number of allylic oxidation sites excluding steroid dienone is 12. The Morgan fingerprint density at radius 2 is 0.571 bits per heavy atom. The van der Waals surface area contributed by atoms with E-state index in [4.69, 9.17) is 14.2 Å². The summed E-state index contributed by atoms with van der Waals surface area (Å²) in [6.45, 7) is 6.52. The molecule has 0 saturated carbocycles. The standard InChI is InChI=1S/C57H98O6/c1-4-7-10-13-16-19-22-25-28-31-34-37-40-43-46-49-55(58)61-52-54(63-57(60)51-48-45-42-39-36-33-30-27-24-21-18-15-12-9-6-3)53-62-56(59)50-47-44-41-38-35-32-29-26-23-20-17-14-11-8-5-2/h16,18-19,21,25,27-28,30,34,36-37,39,54H,4-15,17,20,22-24,26,29,31-33,35,38,40-53H2,1-3H3/b19-16-,21-18-,28-25-,30-27-,37-34-,39-36-/t54-/m0/s1. The van der Waals surface area contributed by atoms with Gasteiger partial charge in [0.15, 0.2) is 6.10 Å². The molecule has 362 valence electrons. The Balaban J connectivity index is 4.49. The molecular weight excluding hydrogens is 781 g/mol. The summed E-state index contributed by atoms with van der Waals surface area (Å²) in [6.07, 6.45) is 64.6. The van der Waals surface area contributed by atoms with E-state index in [1.807, 2.05) is 0 Å². The van der Waals surface area contributed by atoms with E-state index in [2.05, 4.69) is 93.7 Å². The molecule has 1 atom stereocenters. The van der Waals surface area contributed by atoms with E-state index in [9.17, 15) is 14.4 Å². The maximum atomic E-state index is 12.8. The fraction of sp³-hybridized carbons (Fsp3) is 0.737. The van der Waals surface area contributed by atoms with Crippen LogP contribution in [0.5, 0.6) is 0 Å². The van der Waals surface area contributed by atoms with Gasteiger partial charge in [0.25, 0.3) is 0 Å². The number of hydrogen-bond donors (Lipinski definition) is 0. The molecule has 0 fully saturated rings. The second kappa shape index (κ2) is 51.5. The highest BCUT2D eigenvalue weighted by molar-refractivity contribution is 5.71. The highest BCUT2D eigenvalue weighted by Gasteiger charge is 2.19. The molecule has 0 N–H and O–H groups in total. The van der Waals surface area contributed by atoms with Crippen molar-refractivity contribution in [3.63, 3.8) is 0 Å². The summed E-state index contributed by atoms with van der Waals surface area (Å²) in [4.78, 5) is 38.0. The fourth-order valence-corrected chi connectivity index (χ4v) is 7.16. The predicted molar refractivity (Wildman–Crippen MR) is 270 cm³/mol. The maximum Gasteiger partial charge on any atom is 0.306 e. The van der Waals surface area contributed by atoms with Gasteiger partial charge < -0.3 is 14.2 Å². The molecule has 63 heavy (non-hydrogen) atoms. The first-order valence-electron chi connectivity index (χ1n) is 26.4. The van der Waals surface area contributed by atoms with Gasteiger partial charge in [-0.3, -0.25) is 14.4 Å². The first-order valence-corrected chi connectivity index (χ1v) is 26.4. The van der Waals surface area contributed by atoms with Crippen LogP contribution in [0.4, 0.5) is 0 Å². The van der Waals surface area contributed by atoms with E-state index >= 15 is 0 Å². The summed E-state index contributed by atoms with van der Waals surface area (Å²) in [5.41, 5.74) is 0. The first-order chi connectivity index (χ1) is 31.0. The lowest BCUT2D eigenvalue weighted by Crippen LogP contribution is -2.30. The lowest BCUT2D eigenvalue weighted by atomic mass is 10.0. The molecule has 0 aromatic heterocycles. The fourth-order valence-electron chi connectivity index (χ4n) is 7.16. The third kappa shape index (κ3) is 49.7. The first kappa shape index (κ1) is 59.9. The smallest absolute Gasteiger partial charge is 0.306 e. The van der Waals surface area contributed by atoms with Gasteiger partial charge in [-0.15, -0.1) is 0 Å². The van der Waals surface area contributed by atoms with Crippen molar-refractivity contribution in [2.45, 2.75) is 258 Å². The highest BCUT2D eigenvalue weighted by atomic mass is 16.6. The molecule has 0 aromatic rings. The molecular formula is C57H98O6. The van der Waals surface area contributed by atoms with Crippen LogP contribution in [0.1, 0.15) is 252 Å². The van der Waals surface area contributed by atoms with Crippen LogP contribution in [0.25, 0.3) is 0 Å². The normalized spacial score (nSPS) is 12.6. The molecule has 0 aromatic carbocycles. The van der Waals surface area contributed by atoms with Gasteiger partial charge in [0.05, 0.1) is 0 Å². The van der Waals surface area contributed by atoms with Crippen molar-refractivity contribution < 1.29 is 28.6 Å². The minimum Gasteiger partial charge on any atom is -0.462 e. The molecule has 0 aliphatic heterocycles. The average molecular weight is 879 g/mol. The van der Waals surface area contributed by atoms with Crippen LogP contribution in [0, 0.1) is 0 Å². The molecule has 0 aliphatic carbocycles. The van der Waals surface area contributed by atoms with Crippen molar-refractivity contribution in [1.82, 2.24) is 0 Å². The van der Waals surface area contributed by atoms with Gasteiger partial charge in [0, 0.05) is 19.3 Å². The number of esters is 3. The predicted octanol–water partition coefficient (Wildman–Crippen LogP) is 17.4. The lowest BCUT2D eigenvalue weighted by Gasteiger charge is -2.18. The summed E-state index contributed by atoms with van der Waals surface area (Å²) in [6, 6.07) is 0. The van der Waals surface area contributed by atoms with E-state index in [0.717, 1.165) is 77.0 Å². The zero-order chi connectivity index (χ0) is 45.8. The number of ether oxygens (including phenoxy) is 3. The Hall–Kier alpha value is -3.15. The summed E-state index contributed by atoms with van der Waals surface area (Å²) < 4.78 is 16.7. The number of hydrogen-bond acceptors (Lipinski definition) is 6. The number of unbranched alkanes of at least 4 members (excludes halogenated alkanes) is 24. The Kier molecular flexibility index (Phi) is 48.9. The van der Waals surface area contributed by atoms with Gasteiger partial charge >= 0.3 is 17.9 Å². The molecule has 0 rings (SSSR count). The van der Waals surface area contributed by atoms with Gasteiger partial charge in [0.2, 0.25) is 0 Å². The third-order valence-electron chi connectivity index (χ3n) is 11.2. The van der Waals surface area contributed by atoms with E-state index in [0.29, 0.717) is 19.3 Å². The van der Waals surface area contributed by atoms with E-state index in [-0.39, 0.29) is 37.5 Å². The minimum atomic E-state index is -0.808. The van der Waals surface area contributed by atoms with Crippen LogP contribution in [0.3, 0.4) is 0 Å². The molecule has 0 unspecified atom stereocenters. The van der Waals surface area contributed by atoms with Gasteiger partial charge in [0.1, 0.15) is 13.2 Å². The number of carbonyl (C=O) groups is 3. The van der Waals surface area contributed by atoms with Crippen molar-refractivity contribution in [2.75, 3.05) is 13.2 Å². The van der Waals surface area contributed by atoms with Crippen molar-refractivity contribution >= 4 is 17.9 Å². The molecule has 0 saturated heterocycles. The topological polar surface area (TPSA) is 78.9 Å². The van der Waals surface area contributed by atoms with Crippen molar-refractivity contribution in [3.05, 3.63) is 72.9 Å². The average Bonchev–Trinajstić information content (AvgIpc) is 3.28. The molecule has 0 bridgehead atoms. The second-order valence-corrected chi connectivity index (χ2v) is 17.4. The Morgan fingerprint density at radius 3 is 0.921 bits per heavy atom. The van der Waals surface area contributed by atoms with Gasteiger partial charge in [-0.05, 0) is 96.3 Å². The molecule has 6 heteroatoms. The molecule has 0 amide bonds. The number of carbonyl (C=O) groups excluding carboxylic acids is 3. The van der Waals surface area contributed by atoms with Crippen LogP contribution in [0.15, 0.2) is 72.9 Å². The van der Waals surface area contributed by atoms with Gasteiger partial charge in [-0.2, -0.15) is 0 Å². The van der Waals surface area contributed by atoms with Gasteiger partial charge in [-0.25, -0.2) is 0 Å². The Morgan fingerprint density at radius 1 is 0.317 bits per heavy atom. The largest absolute Gasteiger partial charge is 0.462 e. The van der Waals surface area contributed by atoms with Gasteiger partial charge in [-0.1, -0.05) is 209 Å². The quantitative estimate of drug-likeness (QED) is 0.0262. The van der Waals surface area contributed by atoms with E-state index in [1.165, 1.54) is 128 Å². The summed E-state index contributed by atoms with van der Waals surface area (Å²) in [5, 5.41) is 0. The van der Waals surface area contributed by atoms with Crippen molar-refractivity contribution in [3.8, 4) is 0 Å². The molecule has 6 nitrogen and oxygen atoms in total. The molecule has 0 aliphatic rings. The monoisotopic (exact) mass is 879 g/mol. The van der Waals surface area contributed by atoms with Crippen LogP contribution >= 0.6 is 0 Å². The summed E-state index contributed by atoms with van der Waals surface area (Å²) in [5.74, 6) is -0.976. The van der Waals surface area contributed by atoms with Crippen molar-refractivity contribution in [2.24, 2.45) is 0 Å². The summed E-state index contributed by atoms with van der Waals surface area (Å²) >= 11 is 0. The molecule has 0 spiro atoms. The maximum absolute atomic E-state index is 12.8. The summed E-state index contributed by atoms with van der Waals surface area (Å²) in [7, 11) is 0. The Labute approximate surface area is 389 Å². The SMILES string of the molecule is CCCCC/C=C\C/C=C\C/C=C\CCCCC(=O)OC[C@@H](COC(=O)CCCCCCCCCCCCCCCCC)OC(=O)CCCC/C=C\C/C=C\C/C=C\CCCCC. The zero-order valence-electron chi connectivity index (χ0n) is 41.3. The third-order valence-corrected chi connectivity index (χ3v) is 11.2. The van der Waals surface area contributed by atoms with Crippen LogP contribution in [-0.2, 0) is 28.6 Å². The highest BCUT2D eigenvalue weighted by Crippen LogP contribution is 2.15. The zero-order valence-corrected chi connectivity index (χ0v) is 41.3. The second-order valence-electron chi connectivity index (χ2n) is 17.4. The van der Waals surface area contributed by atoms with Crippen LogP contribution < -0.4 is 0 Å². The minimum absolute atomic E-state index is 0.101. The van der Waals surface area contributed by atoms with Crippen LogP contribution in [-0.4, -0.2) is 37.2 Å². The lowest BCUT2D eigenvalue weighted by molar-refractivity contribution is -0.167.